The number of anilines is 1. The minimum absolute atomic E-state index is 0.267. The molecule has 1 atom stereocenters. The monoisotopic (exact) mass is 244 g/mol. The fourth-order valence-corrected chi connectivity index (χ4v) is 1.89. The summed E-state index contributed by atoms with van der Waals surface area (Å²) in [6, 6.07) is 1.26. The number of nitrogens with one attached hydrogen (secondary N) is 1. The van der Waals surface area contributed by atoms with Gasteiger partial charge >= 0.3 is 0 Å². The van der Waals surface area contributed by atoms with Crippen molar-refractivity contribution in [1.29, 1.82) is 0 Å². The van der Waals surface area contributed by atoms with Crippen LogP contribution in [0.5, 0.6) is 0 Å². The molecule has 88 valence electrons. The highest BCUT2D eigenvalue weighted by atomic mass is 35.5. The fraction of sp³-hybridized carbons (Fsp3) is 0.545. The lowest BCUT2D eigenvalue weighted by molar-refractivity contribution is 0.185. The second-order valence-electron chi connectivity index (χ2n) is 3.93. The van der Waals surface area contributed by atoms with Gasteiger partial charge in [0.05, 0.1) is 5.02 Å². The number of halogens is 2. The SMILES string of the molecule is Fc1cc(Cl)cnc1NCCC1CCOC1. The van der Waals surface area contributed by atoms with Crippen molar-refractivity contribution in [3.05, 3.63) is 23.1 Å². The van der Waals surface area contributed by atoms with E-state index in [1.807, 2.05) is 0 Å². The molecule has 1 N–H and O–H groups in total. The summed E-state index contributed by atoms with van der Waals surface area (Å²) >= 11 is 5.61. The van der Waals surface area contributed by atoms with Crippen molar-refractivity contribution < 1.29 is 9.13 Å². The Labute approximate surface area is 99.0 Å². The number of hydrogen-bond acceptors (Lipinski definition) is 3. The van der Waals surface area contributed by atoms with Crippen LogP contribution in [-0.2, 0) is 4.74 Å². The summed E-state index contributed by atoms with van der Waals surface area (Å²) in [5, 5.41) is 3.28. The van der Waals surface area contributed by atoms with Crippen LogP contribution in [0.2, 0.25) is 5.02 Å². The lowest BCUT2D eigenvalue weighted by atomic mass is 10.1. The largest absolute Gasteiger partial charge is 0.381 e. The maximum absolute atomic E-state index is 13.3. The lowest BCUT2D eigenvalue weighted by Crippen LogP contribution is -2.10. The zero-order valence-corrected chi connectivity index (χ0v) is 9.63. The van der Waals surface area contributed by atoms with E-state index < -0.39 is 5.82 Å². The molecule has 5 heteroatoms. The number of hydrogen-bond donors (Lipinski definition) is 1. The molecule has 0 amide bonds. The van der Waals surface area contributed by atoms with Crippen LogP contribution in [0, 0.1) is 11.7 Å². The zero-order chi connectivity index (χ0) is 11.4. The number of rotatable bonds is 4. The molecule has 0 bridgehead atoms. The van der Waals surface area contributed by atoms with Gasteiger partial charge in [0, 0.05) is 26.0 Å². The minimum atomic E-state index is -0.407. The predicted octanol–water partition coefficient (Wildman–Crippen LogP) is 2.71. The Morgan fingerprint density at radius 2 is 2.50 bits per heavy atom. The molecule has 2 heterocycles. The fourth-order valence-electron chi connectivity index (χ4n) is 1.75. The highest BCUT2D eigenvalue weighted by Crippen LogP contribution is 2.18. The Balaban J connectivity index is 1.80. The van der Waals surface area contributed by atoms with E-state index in [9.17, 15) is 4.39 Å². The first-order chi connectivity index (χ1) is 7.75. The number of nitrogens with zero attached hydrogens (tertiary/aromatic N) is 1. The lowest BCUT2D eigenvalue weighted by Gasteiger charge is -2.09. The third kappa shape index (κ3) is 3.06. The number of ether oxygens (including phenoxy) is 1. The van der Waals surface area contributed by atoms with Gasteiger partial charge in [0.15, 0.2) is 11.6 Å². The summed E-state index contributed by atoms with van der Waals surface area (Å²) < 4.78 is 18.6. The van der Waals surface area contributed by atoms with E-state index >= 15 is 0 Å². The zero-order valence-electron chi connectivity index (χ0n) is 8.88. The molecule has 0 spiro atoms. The molecule has 3 nitrogen and oxygen atoms in total. The van der Waals surface area contributed by atoms with Gasteiger partial charge in [0.1, 0.15) is 0 Å². The third-order valence-electron chi connectivity index (χ3n) is 2.68. The van der Waals surface area contributed by atoms with Crippen molar-refractivity contribution in [2.45, 2.75) is 12.8 Å². The van der Waals surface area contributed by atoms with E-state index in [2.05, 4.69) is 10.3 Å². The molecule has 16 heavy (non-hydrogen) atoms. The quantitative estimate of drug-likeness (QED) is 0.884. The third-order valence-corrected chi connectivity index (χ3v) is 2.88. The average Bonchev–Trinajstić information content (AvgIpc) is 2.74. The van der Waals surface area contributed by atoms with Crippen molar-refractivity contribution in [3.63, 3.8) is 0 Å². The second kappa shape index (κ2) is 5.46. The van der Waals surface area contributed by atoms with E-state index in [0.717, 1.165) is 26.1 Å². The van der Waals surface area contributed by atoms with Gasteiger partial charge < -0.3 is 10.1 Å². The maximum Gasteiger partial charge on any atom is 0.166 e. The first-order valence-electron chi connectivity index (χ1n) is 5.38. The molecule has 2 rings (SSSR count). The molecule has 0 saturated carbocycles. The van der Waals surface area contributed by atoms with Crippen LogP contribution in [0.25, 0.3) is 0 Å². The van der Waals surface area contributed by atoms with E-state index in [0.29, 0.717) is 17.5 Å². The first kappa shape index (κ1) is 11.6. The topological polar surface area (TPSA) is 34.2 Å². The molecule has 0 aliphatic carbocycles. The van der Waals surface area contributed by atoms with Gasteiger partial charge in [0.25, 0.3) is 0 Å². The van der Waals surface area contributed by atoms with Gasteiger partial charge in [-0.15, -0.1) is 0 Å². The van der Waals surface area contributed by atoms with Gasteiger partial charge in [-0.2, -0.15) is 0 Å². The van der Waals surface area contributed by atoms with Crippen LogP contribution in [0.3, 0.4) is 0 Å². The molecule has 1 aliphatic heterocycles. The molecule has 1 aromatic rings. The Morgan fingerprint density at radius 3 is 3.19 bits per heavy atom. The summed E-state index contributed by atoms with van der Waals surface area (Å²) in [6.07, 6.45) is 3.51. The van der Waals surface area contributed by atoms with Gasteiger partial charge in [0.2, 0.25) is 0 Å². The summed E-state index contributed by atoms with van der Waals surface area (Å²) in [6.45, 7) is 2.37. The van der Waals surface area contributed by atoms with E-state index in [4.69, 9.17) is 16.3 Å². The van der Waals surface area contributed by atoms with Crippen molar-refractivity contribution in [2.75, 3.05) is 25.1 Å². The molecule has 1 aliphatic rings. The summed E-state index contributed by atoms with van der Waals surface area (Å²) in [4.78, 5) is 3.89. The standard InChI is InChI=1S/C11H14ClFN2O/c12-9-5-10(13)11(15-6-9)14-3-1-8-2-4-16-7-8/h5-6,8H,1-4,7H2,(H,14,15). The minimum Gasteiger partial charge on any atom is -0.381 e. The van der Waals surface area contributed by atoms with Crippen molar-refractivity contribution in [1.82, 2.24) is 4.98 Å². The Morgan fingerprint density at radius 1 is 1.62 bits per heavy atom. The van der Waals surface area contributed by atoms with Crippen molar-refractivity contribution in [2.24, 2.45) is 5.92 Å². The highest BCUT2D eigenvalue weighted by molar-refractivity contribution is 6.30. The Hall–Kier alpha value is -0.870. The first-order valence-corrected chi connectivity index (χ1v) is 5.76. The normalized spacial score (nSPS) is 20.0. The summed E-state index contributed by atoms with van der Waals surface area (Å²) in [7, 11) is 0. The molecule has 0 aromatic carbocycles. The summed E-state index contributed by atoms with van der Waals surface area (Å²) in [5.41, 5.74) is 0. The van der Waals surface area contributed by atoms with Crippen LogP contribution in [0.4, 0.5) is 10.2 Å². The van der Waals surface area contributed by atoms with E-state index in [1.165, 1.54) is 12.3 Å². The van der Waals surface area contributed by atoms with Crippen LogP contribution in [-0.4, -0.2) is 24.7 Å². The molecule has 1 fully saturated rings. The molecule has 0 radical (unpaired) electrons. The van der Waals surface area contributed by atoms with Gasteiger partial charge in [-0.05, 0) is 24.8 Å². The molecular formula is C11H14ClFN2O. The number of pyridine rings is 1. The van der Waals surface area contributed by atoms with Gasteiger partial charge in [-0.3, -0.25) is 0 Å². The number of aromatic nitrogens is 1. The molecular weight excluding hydrogens is 231 g/mol. The van der Waals surface area contributed by atoms with Crippen LogP contribution in [0.1, 0.15) is 12.8 Å². The van der Waals surface area contributed by atoms with Gasteiger partial charge in [-0.25, -0.2) is 9.37 Å². The highest BCUT2D eigenvalue weighted by Gasteiger charge is 2.15. The maximum atomic E-state index is 13.3. The van der Waals surface area contributed by atoms with Crippen molar-refractivity contribution in [3.8, 4) is 0 Å². The van der Waals surface area contributed by atoms with Crippen molar-refractivity contribution >= 4 is 17.4 Å². The summed E-state index contributed by atoms with van der Waals surface area (Å²) in [5.74, 6) is 0.446. The van der Waals surface area contributed by atoms with Gasteiger partial charge in [-0.1, -0.05) is 11.6 Å². The van der Waals surface area contributed by atoms with E-state index in [-0.39, 0.29) is 5.82 Å². The predicted molar refractivity (Wildman–Crippen MR) is 61.2 cm³/mol. The van der Waals surface area contributed by atoms with Crippen LogP contribution >= 0.6 is 11.6 Å². The Kier molecular flexibility index (Phi) is 3.96. The molecule has 1 saturated heterocycles. The average molecular weight is 245 g/mol. The smallest absolute Gasteiger partial charge is 0.166 e. The molecule has 1 aromatic heterocycles. The van der Waals surface area contributed by atoms with Crippen LogP contribution < -0.4 is 5.32 Å². The van der Waals surface area contributed by atoms with E-state index in [1.54, 1.807) is 0 Å². The van der Waals surface area contributed by atoms with Crippen LogP contribution in [0.15, 0.2) is 12.3 Å². The molecule has 1 unspecified atom stereocenters. The second-order valence-corrected chi connectivity index (χ2v) is 4.37. The Bertz CT molecular complexity index is 356.